The van der Waals surface area contributed by atoms with Crippen molar-refractivity contribution in [3.8, 4) is 0 Å². The van der Waals surface area contributed by atoms with Crippen LogP contribution >= 0.6 is 12.2 Å². The van der Waals surface area contributed by atoms with Gasteiger partial charge in [-0.1, -0.05) is 44.3 Å². The number of benzene rings is 1. The second kappa shape index (κ2) is 6.97. The first-order chi connectivity index (χ1) is 9.59. The van der Waals surface area contributed by atoms with Crippen LogP contribution < -0.4 is 11.1 Å². The Morgan fingerprint density at radius 3 is 2.25 bits per heavy atom. The van der Waals surface area contributed by atoms with E-state index in [1.165, 1.54) is 31.4 Å². The van der Waals surface area contributed by atoms with Gasteiger partial charge in [-0.2, -0.15) is 0 Å². The highest BCUT2D eigenvalue weighted by atomic mass is 32.1. The minimum atomic E-state index is -0.964. The van der Waals surface area contributed by atoms with Crippen molar-refractivity contribution in [3.05, 3.63) is 29.3 Å². The lowest BCUT2D eigenvalue weighted by Gasteiger charge is -2.22. The van der Waals surface area contributed by atoms with Crippen molar-refractivity contribution in [1.82, 2.24) is 0 Å². The molecule has 0 atom stereocenters. The number of nitrogens with two attached hydrogens (primary N) is 1. The highest BCUT2D eigenvalue weighted by Gasteiger charge is 2.18. The van der Waals surface area contributed by atoms with Crippen molar-refractivity contribution < 1.29 is 8.78 Å². The number of hydrogen-bond acceptors (Lipinski definition) is 2. The third-order valence-corrected chi connectivity index (χ3v) is 4.03. The first kappa shape index (κ1) is 15.2. The molecular formula is C15H20F2N2S. The molecule has 0 aliphatic heterocycles. The molecule has 0 spiro atoms. The molecule has 1 aromatic carbocycles. The molecule has 3 N–H and O–H groups in total. The lowest BCUT2D eigenvalue weighted by atomic mass is 9.96. The summed E-state index contributed by atoms with van der Waals surface area (Å²) in [6.45, 7) is 0. The summed E-state index contributed by atoms with van der Waals surface area (Å²) in [4.78, 5) is -0.126. The maximum absolute atomic E-state index is 14.0. The molecule has 5 heteroatoms. The molecule has 1 aliphatic rings. The average Bonchev–Trinajstić information content (AvgIpc) is 2.37. The van der Waals surface area contributed by atoms with Crippen LogP contribution in [0.1, 0.15) is 50.5 Å². The van der Waals surface area contributed by atoms with E-state index in [0.29, 0.717) is 0 Å². The zero-order chi connectivity index (χ0) is 14.5. The van der Waals surface area contributed by atoms with Gasteiger partial charge in [0.15, 0.2) is 11.6 Å². The predicted molar refractivity (Wildman–Crippen MR) is 82.0 cm³/mol. The van der Waals surface area contributed by atoms with Gasteiger partial charge in [-0.25, -0.2) is 8.78 Å². The number of nitrogens with one attached hydrogen (secondary N) is 1. The molecule has 2 nitrogen and oxygen atoms in total. The second-order valence-electron chi connectivity index (χ2n) is 5.34. The smallest absolute Gasteiger partial charge is 0.182 e. The number of rotatable bonds is 3. The topological polar surface area (TPSA) is 38.0 Å². The Morgan fingerprint density at radius 2 is 1.65 bits per heavy atom. The van der Waals surface area contributed by atoms with Crippen molar-refractivity contribution in [3.63, 3.8) is 0 Å². The fourth-order valence-corrected chi connectivity index (χ4v) is 2.83. The zero-order valence-electron chi connectivity index (χ0n) is 11.4. The SMILES string of the molecule is NC(=S)c1ccc(NC2CCCCCCC2)c(F)c1F. The molecule has 1 aliphatic carbocycles. The van der Waals surface area contributed by atoms with Crippen LogP contribution in [0.3, 0.4) is 0 Å². The molecule has 1 aromatic rings. The van der Waals surface area contributed by atoms with Crippen LogP contribution in [-0.4, -0.2) is 11.0 Å². The Morgan fingerprint density at radius 1 is 1.05 bits per heavy atom. The van der Waals surface area contributed by atoms with Crippen LogP contribution in [0.5, 0.6) is 0 Å². The zero-order valence-corrected chi connectivity index (χ0v) is 12.2. The summed E-state index contributed by atoms with van der Waals surface area (Å²) >= 11 is 4.70. The van der Waals surface area contributed by atoms with Crippen LogP contribution in [0.4, 0.5) is 14.5 Å². The van der Waals surface area contributed by atoms with Gasteiger partial charge in [0.25, 0.3) is 0 Å². The fraction of sp³-hybridized carbons (Fsp3) is 0.533. The first-order valence-corrected chi connectivity index (χ1v) is 7.54. The van der Waals surface area contributed by atoms with Gasteiger partial charge in [-0.3, -0.25) is 0 Å². The van der Waals surface area contributed by atoms with Gasteiger partial charge in [-0.05, 0) is 25.0 Å². The van der Waals surface area contributed by atoms with Gasteiger partial charge < -0.3 is 11.1 Å². The van der Waals surface area contributed by atoms with E-state index in [9.17, 15) is 8.78 Å². The van der Waals surface area contributed by atoms with Crippen LogP contribution in [0.2, 0.25) is 0 Å². The van der Waals surface area contributed by atoms with Gasteiger partial charge in [0, 0.05) is 11.6 Å². The molecule has 20 heavy (non-hydrogen) atoms. The minimum absolute atomic E-state index is 0.0410. The summed E-state index contributed by atoms with van der Waals surface area (Å²) in [5.41, 5.74) is 5.52. The largest absolute Gasteiger partial charge is 0.389 e. The van der Waals surface area contributed by atoms with E-state index in [1.54, 1.807) is 0 Å². The number of thiocarbonyl (C=S) groups is 1. The molecule has 0 saturated heterocycles. The molecule has 1 fully saturated rings. The maximum atomic E-state index is 14.0. The van der Waals surface area contributed by atoms with Gasteiger partial charge in [-0.15, -0.1) is 0 Å². The first-order valence-electron chi connectivity index (χ1n) is 7.14. The van der Waals surface area contributed by atoms with Crippen molar-refractivity contribution in [1.29, 1.82) is 0 Å². The number of anilines is 1. The second-order valence-corrected chi connectivity index (χ2v) is 5.78. The lowest BCUT2D eigenvalue weighted by Crippen LogP contribution is -2.22. The van der Waals surface area contributed by atoms with E-state index in [2.05, 4.69) is 5.32 Å². The highest BCUT2D eigenvalue weighted by molar-refractivity contribution is 7.80. The molecular weight excluding hydrogens is 278 g/mol. The Labute approximate surface area is 123 Å². The quantitative estimate of drug-likeness (QED) is 0.824. The van der Waals surface area contributed by atoms with Crippen LogP contribution in [0, 0.1) is 11.6 Å². The Hall–Kier alpha value is -1.23. The third kappa shape index (κ3) is 3.66. The minimum Gasteiger partial charge on any atom is -0.389 e. The predicted octanol–water partition coefficient (Wildman–Crippen LogP) is 4.12. The van der Waals surface area contributed by atoms with Gasteiger partial charge in [0.2, 0.25) is 0 Å². The van der Waals surface area contributed by atoms with Gasteiger partial charge in [0.1, 0.15) is 4.99 Å². The Balaban J connectivity index is 2.12. The van der Waals surface area contributed by atoms with Crippen LogP contribution in [0.25, 0.3) is 0 Å². The van der Waals surface area contributed by atoms with Crippen molar-refractivity contribution in [2.24, 2.45) is 5.73 Å². The molecule has 0 aromatic heterocycles. The molecule has 110 valence electrons. The molecule has 1 saturated carbocycles. The summed E-state index contributed by atoms with van der Waals surface area (Å²) in [6, 6.07) is 3.16. The molecule has 0 bridgehead atoms. The van der Waals surface area contributed by atoms with Crippen molar-refractivity contribution >= 4 is 22.9 Å². The molecule has 0 heterocycles. The van der Waals surface area contributed by atoms with E-state index < -0.39 is 11.6 Å². The van der Waals surface area contributed by atoms with E-state index in [-0.39, 0.29) is 22.3 Å². The number of hydrogen-bond donors (Lipinski definition) is 2. The Kier molecular flexibility index (Phi) is 5.29. The summed E-state index contributed by atoms with van der Waals surface area (Å²) in [7, 11) is 0. The van der Waals surface area contributed by atoms with E-state index in [1.807, 2.05) is 0 Å². The Bertz CT molecular complexity index is 483. The van der Waals surface area contributed by atoms with Gasteiger partial charge >= 0.3 is 0 Å². The monoisotopic (exact) mass is 298 g/mol. The van der Waals surface area contributed by atoms with Crippen molar-refractivity contribution in [2.75, 3.05) is 5.32 Å². The van der Waals surface area contributed by atoms with Crippen LogP contribution in [0.15, 0.2) is 12.1 Å². The van der Waals surface area contributed by atoms with Crippen LogP contribution in [-0.2, 0) is 0 Å². The highest BCUT2D eigenvalue weighted by Crippen LogP contribution is 2.25. The van der Waals surface area contributed by atoms with E-state index >= 15 is 0 Å². The fourth-order valence-electron chi connectivity index (χ4n) is 2.67. The molecule has 0 radical (unpaired) electrons. The molecule has 0 amide bonds. The molecule has 0 unspecified atom stereocenters. The third-order valence-electron chi connectivity index (χ3n) is 3.81. The number of halogens is 2. The summed E-state index contributed by atoms with van der Waals surface area (Å²) in [5, 5.41) is 3.12. The lowest BCUT2D eigenvalue weighted by molar-refractivity contribution is 0.466. The van der Waals surface area contributed by atoms with Crippen molar-refractivity contribution in [2.45, 2.75) is 51.0 Å². The standard InChI is InChI=1S/C15H20F2N2S/c16-13-11(15(18)20)8-9-12(14(13)17)19-10-6-4-2-1-3-5-7-10/h8-10,19H,1-7H2,(H2,18,20). The van der Waals surface area contributed by atoms with E-state index in [0.717, 1.165) is 25.7 Å². The van der Waals surface area contributed by atoms with Gasteiger partial charge in [0.05, 0.1) is 5.69 Å². The van der Waals surface area contributed by atoms with E-state index in [4.69, 9.17) is 18.0 Å². The average molecular weight is 298 g/mol. The molecule has 2 rings (SSSR count). The summed E-state index contributed by atoms with van der Waals surface area (Å²) in [5.74, 6) is -1.86. The normalized spacial score (nSPS) is 17.3. The summed E-state index contributed by atoms with van der Waals surface area (Å²) < 4.78 is 27.8. The summed E-state index contributed by atoms with van der Waals surface area (Å²) in [6.07, 6.45) is 7.97. The maximum Gasteiger partial charge on any atom is 0.182 e.